The molecule has 2 amide bonds. The fourth-order valence-corrected chi connectivity index (χ4v) is 3.76. The number of carbonyl (C=O) groups excluding carboxylic acids is 2. The molecule has 0 aromatic carbocycles. The minimum atomic E-state index is -0.230. The Bertz CT molecular complexity index is 735. The molecule has 0 radical (unpaired) electrons. The number of nitrogens with zero attached hydrogens (tertiary/aromatic N) is 4. The quantitative estimate of drug-likeness (QED) is 0.788. The van der Waals surface area contributed by atoms with Crippen LogP contribution in [-0.4, -0.2) is 57.6 Å². The number of piperidine rings is 1. The third-order valence-corrected chi connectivity index (χ3v) is 5.67. The van der Waals surface area contributed by atoms with E-state index >= 15 is 0 Å². The first-order valence-corrected chi connectivity index (χ1v) is 9.55. The molecule has 0 N–H and O–H groups in total. The number of aromatic nitrogens is 2. The van der Waals surface area contributed by atoms with Crippen molar-refractivity contribution in [2.24, 2.45) is 5.92 Å². The van der Waals surface area contributed by atoms with E-state index in [1.807, 2.05) is 23.6 Å². The van der Waals surface area contributed by atoms with Gasteiger partial charge in [-0.05, 0) is 51.0 Å². The molecule has 2 saturated heterocycles. The van der Waals surface area contributed by atoms with Crippen LogP contribution in [0.15, 0.2) is 10.9 Å². The Morgan fingerprint density at radius 3 is 2.58 bits per heavy atom. The summed E-state index contributed by atoms with van der Waals surface area (Å²) >= 11 is 0. The van der Waals surface area contributed by atoms with Crippen molar-refractivity contribution in [3.63, 3.8) is 0 Å². The molecule has 0 aliphatic carbocycles. The first kappa shape index (κ1) is 18.6. The van der Waals surface area contributed by atoms with Crippen LogP contribution in [0.4, 0.5) is 0 Å². The van der Waals surface area contributed by atoms with Gasteiger partial charge in [-0.3, -0.25) is 14.4 Å². The lowest BCUT2D eigenvalue weighted by atomic mass is 9.93. The first-order valence-electron chi connectivity index (χ1n) is 9.55. The average Bonchev–Trinajstić information content (AvgIpc) is 3.03. The summed E-state index contributed by atoms with van der Waals surface area (Å²) in [6.45, 7) is 6.87. The molecule has 0 bridgehead atoms. The van der Waals surface area contributed by atoms with Crippen LogP contribution >= 0.6 is 0 Å². The first-order chi connectivity index (χ1) is 12.4. The number of likely N-dealkylation sites (tertiary alicyclic amines) is 2. The van der Waals surface area contributed by atoms with E-state index in [1.165, 1.54) is 10.7 Å². The Kier molecular flexibility index (Phi) is 5.74. The molecule has 0 saturated carbocycles. The molecule has 26 heavy (non-hydrogen) atoms. The van der Waals surface area contributed by atoms with E-state index < -0.39 is 0 Å². The highest BCUT2D eigenvalue weighted by Crippen LogP contribution is 2.22. The summed E-state index contributed by atoms with van der Waals surface area (Å²) in [7, 11) is 0. The van der Waals surface area contributed by atoms with Crippen molar-refractivity contribution in [2.75, 3.05) is 26.2 Å². The van der Waals surface area contributed by atoms with Gasteiger partial charge in [0.2, 0.25) is 11.8 Å². The molecule has 142 valence electrons. The summed E-state index contributed by atoms with van der Waals surface area (Å²) in [6.07, 6.45) is 4.62. The fourth-order valence-electron chi connectivity index (χ4n) is 3.76. The summed E-state index contributed by atoms with van der Waals surface area (Å²) in [6, 6.07) is 1.53. The van der Waals surface area contributed by atoms with Gasteiger partial charge in [0, 0.05) is 38.7 Å². The Morgan fingerprint density at radius 1 is 1.19 bits per heavy atom. The van der Waals surface area contributed by atoms with Crippen molar-refractivity contribution in [3.05, 3.63) is 27.7 Å². The molecular formula is C19H28N4O3. The molecule has 2 aliphatic rings. The Morgan fingerprint density at radius 2 is 1.92 bits per heavy atom. The van der Waals surface area contributed by atoms with Crippen LogP contribution in [0.5, 0.6) is 0 Å². The summed E-state index contributed by atoms with van der Waals surface area (Å²) in [5.41, 5.74) is 1.38. The van der Waals surface area contributed by atoms with Crippen molar-refractivity contribution in [1.29, 1.82) is 0 Å². The van der Waals surface area contributed by atoms with Crippen molar-refractivity contribution >= 4 is 11.8 Å². The smallest absolute Gasteiger partial charge is 0.267 e. The second kappa shape index (κ2) is 8.01. The van der Waals surface area contributed by atoms with Gasteiger partial charge in [0.25, 0.3) is 5.56 Å². The largest absolute Gasteiger partial charge is 0.343 e. The second-order valence-electron chi connectivity index (χ2n) is 7.51. The molecule has 3 heterocycles. The highest BCUT2D eigenvalue weighted by Gasteiger charge is 2.25. The Labute approximate surface area is 154 Å². The molecule has 1 aromatic heterocycles. The zero-order chi connectivity index (χ0) is 18.7. The van der Waals surface area contributed by atoms with Crippen LogP contribution in [0.3, 0.4) is 0 Å². The summed E-state index contributed by atoms with van der Waals surface area (Å²) in [5, 5.41) is 4.22. The number of hydrogen-bond acceptors (Lipinski definition) is 4. The van der Waals surface area contributed by atoms with Crippen molar-refractivity contribution < 1.29 is 9.59 Å². The molecule has 0 spiro atoms. The van der Waals surface area contributed by atoms with Gasteiger partial charge in [-0.1, -0.05) is 0 Å². The number of rotatable bonds is 5. The third-order valence-electron chi connectivity index (χ3n) is 5.67. The molecule has 7 heteroatoms. The maximum absolute atomic E-state index is 12.5. The van der Waals surface area contributed by atoms with Gasteiger partial charge in [0.15, 0.2) is 0 Å². The van der Waals surface area contributed by atoms with Gasteiger partial charge < -0.3 is 9.80 Å². The maximum atomic E-state index is 12.5. The van der Waals surface area contributed by atoms with E-state index in [2.05, 4.69) is 5.10 Å². The number of hydrogen-bond donors (Lipinski definition) is 0. The molecule has 2 aliphatic heterocycles. The van der Waals surface area contributed by atoms with Crippen LogP contribution in [0.1, 0.15) is 43.4 Å². The topological polar surface area (TPSA) is 75.5 Å². The van der Waals surface area contributed by atoms with Crippen LogP contribution in [-0.2, 0) is 16.1 Å². The van der Waals surface area contributed by atoms with E-state index in [4.69, 9.17) is 0 Å². The van der Waals surface area contributed by atoms with Crippen molar-refractivity contribution in [2.45, 2.75) is 52.5 Å². The lowest BCUT2D eigenvalue weighted by Crippen LogP contribution is -2.42. The summed E-state index contributed by atoms with van der Waals surface area (Å²) in [4.78, 5) is 40.0. The minimum absolute atomic E-state index is 0.00684. The second-order valence-corrected chi connectivity index (χ2v) is 7.51. The molecule has 7 nitrogen and oxygen atoms in total. The van der Waals surface area contributed by atoms with Gasteiger partial charge >= 0.3 is 0 Å². The van der Waals surface area contributed by atoms with Crippen molar-refractivity contribution in [1.82, 2.24) is 19.6 Å². The minimum Gasteiger partial charge on any atom is -0.343 e. The molecule has 1 aromatic rings. The third kappa shape index (κ3) is 4.31. The molecule has 0 unspecified atom stereocenters. The van der Waals surface area contributed by atoms with Crippen LogP contribution in [0.2, 0.25) is 0 Å². The standard InChI is InChI=1S/C19H28N4O3/c1-14-12-18(25)23(20-15(14)2)13-19(26)22-10-6-16(7-11-22)5-9-21-8-3-4-17(21)24/h12,16H,3-11,13H2,1-2H3. The average molecular weight is 360 g/mol. The normalized spacial score (nSPS) is 18.6. The lowest BCUT2D eigenvalue weighted by molar-refractivity contribution is -0.133. The molecule has 3 rings (SSSR count). The predicted octanol–water partition coefficient (Wildman–Crippen LogP) is 1.11. The van der Waals surface area contributed by atoms with E-state index in [9.17, 15) is 14.4 Å². The van der Waals surface area contributed by atoms with E-state index in [0.717, 1.165) is 63.1 Å². The fraction of sp³-hybridized carbons (Fsp3) is 0.684. The maximum Gasteiger partial charge on any atom is 0.267 e. The predicted molar refractivity (Wildman–Crippen MR) is 97.7 cm³/mol. The summed E-state index contributed by atoms with van der Waals surface area (Å²) < 4.78 is 1.26. The number of amides is 2. The number of aryl methyl sites for hydroxylation is 2. The molecular weight excluding hydrogens is 332 g/mol. The van der Waals surface area contributed by atoms with Gasteiger partial charge in [-0.25, -0.2) is 4.68 Å². The molecule has 2 fully saturated rings. The van der Waals surface area contributed by atoms with E-state index in [1.54, 1.807) is 0 Å². The highest BCUT2D eigenvalue weighted by molar-refractivity contribution is 5.78. The number of carbonyl (C=O) groups is 2. The van der Waals surface area contributed by atoms with E-state index in [0.29, 0.717) is 12.3 Å². The van der Waals surface area contributed by atoms with Gasteiger partial charge in [0.05, 0.1) is 5.69 Å². The van der Waals surface area contributed by atoms with E-state index in [-0.39, 0.29) is 23.9 Å². The Balaban J connectivity index is 1.47. The van der Waals surface area contributed by atoms with Crippen LogP contribution in [0, 0.1) is 19.8 Å². The SMILES string of the molecule is Cc1cc(=O)n(CC(=O)N2CCC(CCN3CCCC3=O)CC2)nc1C. The zero-order valence-electron chi connectivity index (χ0n) is 15.7. The van der Waals surface area contributed by atoms with Crippen LogP contribution in [0.25, 0.3) is 0 Å². The van der Waals surface area contributed by atoms with Crippen LogP contribution < -0.4 is 5.56 Å². The lowest BCUT2D eigenvalue weighted by Gasteiger charge is -2.32. The Hall–Kier alpha value is -2.18. The van der Waals surface area contributed by atoms with Gasteiger partial charge in [-0.2, -0.15) is 5.10 Å². The van der Waals surface area contributed by atoms with Gasteiger partial charge in [0.1, 0.15) is 6.54 Å². The van der Waals surface area contributed by atoms with Gasteiger partial charge in [-0.15, -0.1) is 0 Å². The van der Waals surface area contributed by atoms with Crippen molar-refractivity contribution in [3.8, 4) is 0 Å². The highest BCUT2D eigenvalue weighted by atomic mass is 16.2. The molecule has 0 atom stereocenters. The summed E-state index contributed by atoms with van der Waals surface area (Å²) in [5.74, 6) is 0.801. The monoisotopic (exact) mass is 360 g/mol. The zero-order valence-corrected chi connectivity index (χ0v) is 15.7.